The molecule has 0 saturated carbocycles. The first kappa shape index (κ1) is 20.0. The quantitative estimate of drug-likeness (QED) is 0.659. The van der Waals surface area contributed by atoms with Crippen molar-refractivity contribution in [2.45, 2.75) is 19.9 Å². The zero-order valence-corrected chi connectivity index (χ0v) is 16.8. The lowest BCUT2D eigenvalue weighted by Crippen LogP contribution is -2.46. The Balaban J connectivity index is 2.01. The van der Waals surface area contributed by atoms with E-state index < -0.39 is 18.0 Å². The summed E-state index contributed by atoms with van der Waals surface area (Å²) in [5.41, 5.74) is 1.70. The topological polar surface area (TPSA) is 79.5 Å². The number of amides is 3. The number of carbonyl (C=O) groups excluding carboxylic acids is 2. The van der Waals surface area contributed by atoms with E-state index in [0.29, 0.717) is 44.9 Å². The van der Waals surface area contributed by atoms with Crippen molar-refractivity contribution >= 4 is 40.8 Å². The van der Waals surface area contributed by atoms with Crippen LogP contribution in [0.25, 0.3) is 0 Å². The molecule has 0 spiro atoms. The van der Waals surface area contributed by atoms with Crippen molar-refractivity contribution in [1.82, 2.24) is 10.6 Å². The maximum atomic E-state index is 13.1. The second-order valence-corrected chi connectivity index (χ2v) is 6.90. The van der Waals surface area contributed by atoms with E-state index in [9.17, 15) is 9.59 Å². The molecule has 1 heterocycles. The predicted octanol–water partition coefficient (Wildman–Crippen LogP) is 4.66. The summed E-state index contributed by atoms with van der Waals surface area (Å²) in [4.78, 5) is 25.2. The highest BCUT2D eigenvalue weighted by atomic mass is 35.5. The first-order chi connectivity index (χ1) is 13.4. The number of rotatable bonds is 5. The molecule has 0 radical (unpaired) electrons. The van der Waals surface area contributed by atoms with E-state index in [1.165, 1.54) is 0 Å². The lowest BCUT2D eigenvalue weighted by atomic mass is 9.94. The normalized spacial score (nSPS) is 16.3. The van der Waals surface area contributed by atoms with Crippen LogP contribution in [0.4, 0.5) is 10.5 Å². The molecule has 0 saturated heterocycles. The number of benzene rings is 2. The van der Waals surface area contributed by atoms with Crippen molar-refractivity contribution < 1.29 is 14.3 Å². The summed E-state index contributed by atoms with van der Waals surface area (Å²) < 4.78 is 5.56. The molecule has 0 unspecified atom stereocenters. The predicted molar refractivity (Wildman–Crippen MR) is 110 cm³/mol. The van der Waals surface area contributed by atoms with Crippen molar-refractivity contribution in [2.24, 2.45) is 0 Å². The third kappa shape index (κ3) is 4.08. The van der Waals surface area contributed by atoms with Crippen LogP contribution in [0.1, 0.15) is 25.5 Å². The van der Waals surface area contributed by atoms with Crippen molar-refractivity contribution in [3.63, 3.8) is 0 Å². The SMILES string of the molecule is CCOc1ccccc1NC(=O)C1=C(C)NC(=O)N[C@@H]1c1c(Cl)cccc1Cl. The molecule has 0 bridgehead atoms. The van der Waals surface area contributed by atoms with Gasteiger partial charge >= 0.3 is 6.03 Å². The van der Waals surface area contributed by atoms with Gasteiger partial charge in [0.25, 0.3) is 5.91 Å². The summed E-state index contributed by atoms with van der Waals surface area (Å²) >= 11 is 12.6. The summed E-state index contributed by atoms with van der Waals surface area (Å²) in [5, 5.41) is 8.92. The average Bonchev–Trinajstić information content (AvgIpc) is 2.63. The molecular weight excluding hydrogens is 401 g/mol. The molecule has 2 aromatic carbocycles. The van der Waals surface area contributed by atoms with Crippen LogP contribution in [0.15, 0.2) is 53.7 Å². The lowest BCUT2D eigenvalue weighted by Gasteiger charge is -2.29. The van der Waals surface area contributed by atoms with Gasteiger partial charge in [0.2, 0.25) is 0 Å². The number of allylic oxidation sites excluding steroid dienone is 1. The van der Waals surface area contributed by atoms with Gasteiger partial charge in [-0.1, -0.05) is 41.4 Å². The fourth-order valence-electron chi connectivity index (χ4n) is 3.04. The second kappa shape index (κ2) is 8.54. The van der Waals surface area contributed by atoms with Crippen LogP contribution in [0.3, 0.4) is 0 Å². The molecule has 146 valence electrons. The maximum absolute atomic E-state index is 13.1. The highest BCUT2D eigenvalue weighted by Gasteiger charge is 2.34. The summed E-state index contributed by atoms with van der Waals surface area (Å²) in [7, 11) is 0. The lowest BCUT2D eigenvalue weighted by molar-refractivity contribution is -0.113. The third-order valence-electron chi connectivity index (χ3n) is 4.24. The van der Waals surface area contributed by atoms with Gasteiger partial charge in [0.05, 0.1) is 23.9 Å². The van der Waals surface area contributed by atoms with E-state index in [0.717, 1.165) is 0 Å². The number of nitrogens with one attached hydrogen (secondary N) is 3. The standard InChI is InChI=1S/C20H19Cl2N3O3/c1-3-28-15-10-5-4-9-14(15)24-19(26)16-11(2)23-20(27)25-18(16)17-12(21)7-6-8-13(17)22/h4-10,18H,3H2,1-2H3,(H,24,26)(H2,23,25,27)/t18-/m0/s1. The minimum absolute atomic E-state index is 0.306. The van der Waals surface area contributed by atoms with E-state index in [1.807, 2.05) is 13.0 Å². The summed E-state index contributed by atoms with van der Waals surface area (Å²) in [6.07, 6.45) is 0. The van der Waals surface area contributed by atoms with E-state index in [2.05, 4.69) is 16.0 Å². The Hall–Kier alpha value is -2.70. The van der Waals surface area contributed by atoms with Gasteiger partial charge in [0.15, 0.2) is 0 Å². The van der Waals surface area contributed by atoms with Crippen LogP contribution in [-0.4, -0.2) is 18.5 Å². The molecule has 28 heavy (non-hydrogen) atoms. The van der Waals surface area contributed by atoms with Gasteiger partial charge in [0, 0.05) is 21.3 Å². The molecule has 1 aliphatic heterocycles. The molecule has 2 aromatic rings. The van der Waals surface area contributed by atoms with Crippen LogP contribution in [0.5, 0.6) is 5.75 Å². The van der Waals surface area contributed by atoms with Gasteiger partial charge in [-0.05, 0) is 38.1 Å². The Bertz CT molecular complexity index is 939. The van der Waals surface area contributed by atoms with E-state index in [-0.39, 0.29) is 0 Å². The Labute approximate surface area is 172 Å². The molecule has 1 atom stereocenters. The molecule has 1 aliphatic rings. The highest BCUT2D eigenvalue weighted by Crippen LogP contribution is 2.37. The summed E-state index contributed by atoms with van der Waals surface area (Å²) in [5.74, 6) is 0.148. The molecular formula is C20H19Cl2N3O3. The van der Waals surface area contributed by atoms with Crippen LogP contribution < -0.4 is 20.7 Å². The first-order valence-electron chi connectivity index (χ1n) is 8.67. The molecule has 0 fully saturated rings. The monoisotopic (exact) mass is 419 g/mol. The summed E-state index contributed by atoms with van der Waals surface area (Å²) in [6, 6.07) is 10.9. The number of anilines is 1. The highest BCUT2D eigenvalue weighted by molar-refractivity contribution is 6.36. The van der Waals surface area contributed by atoms with Crippen LogP contribution in [0.2, 0.25) is 10.0 Å². The minimum atomic E-state index is -0.797. The van der Waals surface area contributed by atoms with Gasteiger partial charge in [0.1, 0.15) is 5.75 Å². The van der Waals surface area contributed by atoms with Gasteiger partial charge < -0.3 is 20.7 Å². The first-order valence-corrected chi connectivity index (χ1v) is 9.43. The van der Waals surface area contributed by atoms with Crippen LogP contribution >= 0.6 is 23.2 Å². The number of hydrogen-bond donors (Lipinski definition) is 3. The number of halogens is 2. The number of hydrogen-bond acceptors (Lipinski definition) is 3. The van der Waals surface area contributed by atoms with Crippen molar-refractivity contribution in [3.05, 3.63) is 69.3 Å². The van der Waals surface area contributed by atoms with E-state index in [4.69, 9.17) is 27.9 Å². The van der Waals surface area contributed by atoms with Gasteiger partial charge in [-0.3, -0.25) is 4.79 Å². The zero-order valence-electron chi connectivity index (χ0n) is 15.3. The van der Waals surface area contributed by atoms with E-state index >= 15 is 0 Å². The smallest absolute Gasteiger partial charge is 0.319 e. The molecule has 3 rings (SSSR count). The average molecular weight is 420 g/mol. The van der Waals surface area contributed by atoms with Gasteiger partial charge in [-0.25, -0.2) is 4.79 Å². The molecule has 6 nitrogen and oxygen atoms in total. The molecule has 3 N–H and O–H groups in total. The Kier molecular flexibility index (Phi) is 6.11. The zero-order chi connectivity index (χ0) is 20.3. The Morgan fingerprint density at radius 1 is 1.14 bits per heavy atom. The maximum Gasteiger partial charge on any atom is 0.319 e. The molecule has 0 aromatic heterocycles. The summed E-state index contributed by atoms with van der Waals surface area (Å²) in [6.45, 7) is 3.98. The second-order valence-electron chi connectivity index (χ2n) is 6.09. The van der Waals surface area contributed by atoms with Crippen LogP contribution in [-0.2, 0) is 4.79 Å². The Morgan fingerprint density at radius 3 is 2.50 bits per heavy atom. The molecule has 0 aliphatic carbocycles. The number of carbonyl (C=O) groups is 2. The third-order valence-corrected chi connectivity index (χ3v) is 4.90. The van der Waals surface area contributed by atoms with Crippen molar-refractivity contribution in [1.29, 1.82) is 0 Å². The number of urea groups is 1. The minimum Gasteiger partial charge on any atom is -0.492 e. The Morgan fingerprint density at radius 2 is 1.82 bits per heavy atom. The van der Waals surface area contributed by atoms with Crippen LogP contribution in [0, 0.1) is 0 Å². The molecule has 8 heteroatoms. The fourth-order valence-corrected chi connectivity index (χ4v) is 3.65. The fraction of sp³-hybridized carbons (Fsp3) is 0.200. The number of ether oxygens (including phenoxy) is 1. The van der Waals surface area contributed by atoms with Gasteiger partial charge in [-0.2, -0.15) is 0 Å². The van der Waals surface area contributed by atoms with Crippen molar-refractivity contribution in [2.75, 3.05) is 11.9 Å². The van der Waals surface area contributed by atoms with Gasteiger partial charge in [-0.15, -0.1) is 0 Å². The largest absolute Gasteiger partial charge is 0.492 e. The molecule has 3 amide bonds. The van der Waals surface area contributed by atoms with E-state index in [1.54, 1.807) is 43.3 Å². The van der Waals surface area contributed by atoms with Crippen molar-refractivity contribution in [3.8, 4) is 5.75 Å². The number of para-hydroxylation sites is 2.